The zero-order valence-corrected chi connectivity index (χ0v) is 17.5. The monoisotopic (exact) mass is 378 g/mol. The van der Waals surface area contributed by atoms with Gasteiger partial charge in [-0.15, -0.1) is 0 Å². The lowest BCUT2D eigenvalue weighted by Crippen LogP contribution is -2.38. The van der Waals surface area contributed by atoms with E-state index in [0.717, 1.165) is 19.3 Å². The Morgan fingerprint density at radius 3 is 1.28 bits per heavy atom. The molecule has 0 aromatic rings. The Morgan fingerprint density at radius 1 is 0.600 bits per heavy atom. The van der Waals surface area contributed by atoms with Crippen LogP contribution in [0.15, 0.2) is 0 Å². The molecule has 0 rings (SSSR count). The van der Waals surface area contributed by atoms with Crippen molar-refractivity contribution in [3.8, 4) is 0 Å². The maximum absolute atomic E-state index is 11.4. The molecule has 0 fully saturated rings. The van der Waals surface area contributed by atoms with Crippen molar-refractivity contribution in [1.29, 1.82) is 0 Å². The summed E-state index contributed by atoms with van der Waals surface area (Å²) in [6.45, 7) is 4.18. The van der Waals surface area contributed by atoms with Crippen LogP contribution in [0.2, 0.25) is 0 Å². The van der Waals surface area contributed by atoms with E-state index >= 15 is 0 Å². The molecule has 0 saturated heterocycles. The third-order valence-electron chi connectivity index (χ3n) is 5.07. The number of aliphatic hydroxyl groups is 1. The van der Waals surface area contributed by atoms with Crippen molar-refractivity contribution in [3.63, 3.8) is 0 Å². The van der Waals surface area contributed by atoms with Crippen LogP contribution < -0.4 is 0 Å². The van der Waals surface area contributed by atoms with Gasteiger partial charge in [-0.3, -0.25) is 4.55 Å². The van der Waals surface area contributed by atoms with Gasteiger partial charge < -0.3 is 5.11 Å². The molecule has 4 nitrogen and oxygen atoms in total. The maximum Gasteiger partial charge on any atom is 0.294 e. The van der Waals surface area contributed by atoms with Crippen molar-refractivity contribution >= 4 is 10.1 Å². The topological polar surface area (TPSA) is 74.6 Å². The van der Waals surface area contributed by atoms with Crippen molar-refractivity contribution in [2.75, 3.05) is 0 Å². The molecule has 0 radical (unpaired) electrons. The summed E-state index contributed by atoms with van der Waals surface area (Å²) < 4.78 is 32.1. The van der Waals surface area contributed by atoms with Gasteiger partial charge in [-0.05, 0) is 25.7 Å². The fourth-order valence-electron chi connectivity index (χ4n) is 3.25. The summed E-state index contributed by atoms with van der Waals surface area (Å²) in [6, 6.07) is 0. The van der Waals surface area contributed by atoms with Crippen molar-refractivity contribution < 1.29 is 18.1 Å². The zero-order chi connectivity index (χ0) is 19.0. The molecule has 0 amide bonds. The van der Waals surface area contributed by atoms with E-state index in [0.29, 0.717) is 12.8 Å². The van der Waals surface area contributed by atoms with Crippen LogP contribution in [-0.2, 0) is 10.1 Å². The lowest BCUT2D eigenvalue weighted by Gasteiger charge is -2.24. The molecule has 2 N–H and O–H groups in total. The molecule has 152 valence electrons. The van der Waals surface area contributed by atoms with E-state index < -0.39 is 15.1 Å². The molecule has 0 aliphatic heterocycles. The second-order valence-electron chi connectivity index (χ2n) is 7.52. The van der Waals surface area contributed by atoms with Crippen molar-refractivity contribution in [3.05, 3.63) is 0 Å². The van der Waals surface area contributed by atoms with Crippen LogP contribution in [0.4, 0.5) is 0 Å². The Morgan fingerprint density at radius 2 is 0.920 bits per heavy atom. The van der Waals surface area contributed by atoms with Gasteiger partial charge in [0.2, 0.25) is 0 Å². The molecule has 0 aliphatic rings. The molecule has 0 saturated carbocycles. The number of hydrogen-bond acceptors (Lipinski definition) is 3. The molecule has 0 aliphatic carbocycles. The van der Waals surface area contributed by atoms with Crippen molar-refractivity contribution in [2.45, 2.75) is 128 Å². The highest BCUT2D eigenvalue weighted by Gasteiger charge is 2.39. The summed E-state index contributed by atoms with van der Waals surface area (Å²) in [4.78, 5) is -1.94. The molecule has 1 unspecified atom stereocenters. The molecule has 0 aromatic carbocycles. The first-order chi connectivity index (χ1) is 11.9. The average molecular weight is 379 g/mol. The van der Waals surface area contributed by atoms with Gasteiger partial charge in [0, 0.05) is 0 Å². The van der Waals surface area contributed by atoms with E-state index in [-0.39, 0.29) is 12.8 Å². The standard InChI is InChI=1S/C20H42O4S/c1-3-5-7-8-9-10-11-12-13-14-15-16-17-19-20(21,18-6-4-2)25(22,23)24/h21H,3-19H2,1-2H3,(H,22,23,24). The SMILES string of the molecule is CCCCCCCCCCCCCCCC(O)(CCCC)S(=O)(=O)O. The van der Waals surface area contributed by atoms with E-state index in [2.05, 4.69) is 6.92 Å². The lowest BCUT2D eigenvalue weighted by molar-refractivity contribution is 0.0890. The third kappa shape index (κ3) is 12.8. The summed E-state index contributed by atoms with van der Waals surface area (Å²) in [5.41, 5.74) is 0. The van der Waals surface area contributed by atoms with Gasteiger partial charge in [-0.25, -0.2) is 0 Å². The van der Waals surface area contributed by atoms with E-state index in [1.807, 2.05) is 6.92 Å². The van der Waals surface area contributed by atoms with Crippen LogP contribution in [-0.4, -0.2) is 23.0 Å². The fourth-order valence-corrected chi connectivity index (χ4v) is 4.06. The molecule has 25 heavy (non-hydrogen) atoms. The molecule has 0 spiro atoms. The van der Waals surface area contributed by atoms with Crippen LogP contribution in [0.3, 0.4) is 0 Å². The zero-order valence-electron chi connectivity index (χ0n) is 16.6. The van der Waals surface area contributed by atoms with Crippen molar-refractivity contribution in [1.82, 2.24) is 0 Å². The molecule has 0 bridgehead atoms. The second kappa shape index (κ2) is 15.0. The molecule has 1 atom stereocenters. The Hall–Kier alpha value is -0.130. The summed E-state index contributed by atoms with van der Waals surface area (Å²) in [5, 5.41) is 10.2. The van der Waals surface area contributed by atoms with Gasteiger partial charge in [0.25, 0.3) is 10.1 Å². The van der Waals surface area contributed by atoms with Crippen LogP contribution in [0, 0.1) is 0 Å². The molecule has 0 heterocycles. The summed E-state index contributed by atoms with van der Waals surface area (Å²) in [5.74, 6) is 0. The van der Waals surface area contributed by atoms with Gasteiger partial charge in [-0.1, -0.05) is 97.3 Å². The largest absolute Gasteiger partial charge is 0.372 e. The van der Waals surface area contributed by atoms with Crippen LogP contribution in [0.5, 0.6) is 0 Å². The van der Waals surface area contributed by atoms with Gasteiger partial charge in [0.15, 0.2) is 4.93 Å². The normalized spacial score (nSPS) is 14.6. The van der Waals surface area contributed by atoms with E-state index in [4.69, 9.17) is 0 Å². The Labute approximate surface area is 156 Å². The minimum absolute atomic E-state index is 0.126. The molecular formula is C20H42O4S. The van der Waals surface area contributed by atoms with E-state index in [9.17, 15) is 18.1 Å². The quantitative estimate of drug-likeness (QED) is 0.219. The Kier molecular flexibility index (Phi) is 14.9. The van der Waals surface area contributed by atoms with Crippen molar-refractivity contribution in [2.24, 2.45) is 0 Å². The third-order valence-corrected chi connectivity index (χ3v) is 6.44. The van der Waals surface area contributed by atoms with Crippen LogP contribution in [0.25, 0.3) is 0 Å². The summed E-state index contributed by atoms with van der Waals surface area (Å²) >= 11 is 0. The second-order valence-corrected chi connectivity index (χ2v) is 9.23. The highest BCUT2D eigenvalue weighted by molar-refractivity contribution is 7.87. The van der Waals surface area contributed by atoms with Gasteiger partial charge in [0.1, 0.15) is 0 Å². The van der Waals surface area contributed by atoms with Gasteiger partial charge >= 0.3 is 0 Å². The first kappa shape index (κ1) is 24.9. The Balaban J connectivity index is 3.61. The maximum atomic E-state index is 11.4. The molecular weight excluding hydrogens is 336 g/mol. The number of rotatable bonds is 18. The van der Waals surface area contributed by atoms with Crippen LogP contribution in [0.1, 0.15) is 123 Å². The smallest absolute Gasteiger partial charge is 0.294 e. The average Bonchev–Trinajstić information content (AvgIpc) is 2.56. The first-order valence-electron chi connectivity index (χ1n) is 10.6. The predicted octanol–water partition coefficient (Wildman–Crippen LogP) is 6.23. The van der Waals surface area contributed by atoms with E-state index in [1.165, 1.54) is 64.2 Å². The molecule has 0 aromatic heterocycles. The van der Waals surface area contributed by atoms with Crippen LogP contribution >= 0.6 is 0 Å². The predicted molar refractivity (Wildman–Crippen MR) is 106 cm³/mol. The number of hydrogen-bond donors (Lipinski definition) is 2. The highest BCUT2D eigenvalue weighted by atomic mass is 32.2. The minimum atomic E-state index is -4.40. The highest BCUT2D eigenvalue weighted by Crippen LogP contribution is 2.27. The summed E-state index contributed by atoms with van der Waals surface area (Å²) in [6.07, 6.45) is 17.5. The fraction of sp³-hybridized carbons (Fsp3) is 1.00. The van der Waals surface area contributed by atoms with Gasteiger partial charge in [-0.2, -0.15) is 8.42 Å². The van der Waals surface area contributed by atoms with E-state index in [1.54, 1.807) is 0 Å². The Bertz CT molecular complexity index is 395. The summed E-state index contributed by atoms with van der Waals surface area (Å²) in [7, 11) is -4.40. The first-order valence-corrected chi connectivity index (χ1v) is 12.0. The minimum Gasteiger partial charge on any atom is -0.372 e. The van der Waals surface area contributed by atoms with Gasteiger partial charge in [0.05, 0.1) is 0 Å². The molecule has 5 heteroatoms. The number of unbranched alkanes of at least 4 members (excludes halogenated alkanes) is 13. The lowest BCUT2D eigenvalue weighted by atomic mass is 10.0.